The lowest BCUT2D eigenvalue weighted by Gasteiger charge is -2.28. The summed E-state index contributed by atoms with van der Waals surface area (Å²) in [6.07, 6.45) is 1.80. The fraction of sp³-hybridized carbons (Fsp3) is 0.233. The Morgan fingerprint density at radius 1 is 1.00 bits per heavy atom. The maximum Gasteiger partial charge on any atom is 0.335 e. The lowest BCUT2D eigenvalue weighted by Crippen LogP contribution is -2.29. The van der Waals surface area contributed by atoms with Gasteiger partial charge in [-0.1, -0.05) is 38.1 Å². The maximum absolute atomic E-state index is 11.6. The van der Waals surface area contributed by atoms with Crippen LogP contribution in [0, 0.1) is 13.8 Å². The van der Waals surface area contributed by atoms with E-state index >= 15 is 0 Å². The Labute approximate surface area is 222 Å². The van der Waals surface area contributed by atoms with Gasteiger partial charge in [0.05, 0.1) is 23.3 Å². The Balaban J connectivity index is 1.65. The third kappa shape index (κ3) is 4.51. The minimum atomic E-state index is -0.943. The first-order chi connectivity index (χ1) is 17.8. The van der Waals surface area contributed by atoms with Gasteiger partial charge >= 0.3 is 5.97 Å². The highest BCUT2D eigenvalue weighted by atomic mass is 32.1. The van der Waals surface area contributed by atoms with Crippen LogP contribution in [0.2, 0.25) is 0 Å². The summed E-state index contributed by atoms with van der Waals surface area (Å²) in [5, 5.41) is 13.7. The number of nitrogens with one attached hydrogen (secondary N) is 1. The predicted octanol–water partition coefficient (Wildman–Crippen LogP) is 6.49. The first-order valence-electron chi connectivity index (χ1n) is 12.4. The summed E-state index contributed by atoms with van der Waals surface area (Å²) < 4.78 is 2.11. The minimum Gasteiger partial charge on any atom is -0.478 e. The van der Waals surface area contributed by atoms with Crippen LogP contribution >= 0.6 is 12.2 Å². The SMILES string of the molecule is Cc1cc([C@H]2[C@H](c3ccccn3)NC(=S)N2c2ccc(C(C)C)cc2)c(C)n1-c1cccc(C(=O)O)c1. The molecule has 0 bridgehead atoms. The number of pyridine rings is 1. The summed E-state index contributed by atoms with van der Waals surface area (Å²) in [5.41, 5.74) is 7.43. The summed E-state index contributed by atoms with van der Waals surface area (Å²) in [5.74, 6) is -0.503. The number of nitrogens with zero attached hydrogens (tertiary/aromatic N) is 3. The van der Waals surface area contributed by atoms with Crippen LogP contribution in [0.3, 0.4) is 0 Å². The molecule has 188 valence electrons. The molecule has 37 heavy (non-hydrogen) atoms. The number of hydrogen-bond acceptors (Lipinski definition) is 3. The van der Waals surface area contributed by atoms with E-state index in [1.807, 2.05) is 31.2 Å². The number of anilines is 1. The zero-order chi connectivity index (χ0) is 26.3. The van der Waals surface area contributed by atoms with E-state index in [1.165, 1.54) is 5.56 Å². The van der Waals surface area contributed by atoms with Crippen LogP contribution < -0.4 is 10.2 Å². The number of carboxylic acids is 1. The van der Waals surface area contributed by atoms with Gasteiger partial charge in [0.2, 0.25) is 0 Å². The van der Waals surface area contributed by atoms with Gasteiger partial charge in [0.1, 0.15) is 0 Å². The smallest absolute Gasteiger partial charge is 0.335 e. The van der Waals surface area contributed by atoms with Crippen molar-refractivity contribution in [2.45, 2.75) is 45.7 Å². The van der Waals surface area contributed by atoms with Crippen molar-refractivity contribution in [1.82, 2.24) is 14.9 Å². The van der Waals surface area contributed by atoms with Gasteiger partial charge in [-0.3, -0.25) is 4.98 Å². The van der Waals surface area contributed by atoms with Gasteiger partial charge in [-0.25, -0.2) is 4.79 Å². The Morgan fingerprint density at radius 3 is 2.41 bits per heavy atom. The molecule has 0 aliphatic carbocycles. The van der Waals surface area contributed by atoms with E-state index in [1.54, 1.807) is 24.4 Å². The molecule has 1 saturated heterocycles. The number of carbonyl (C=O) groups is 1. The zero-order valence-electron chi connectivity index (χ0n) is 21.3. The molecule has 0 amide bonds. The molecule has 1 aliphatic heterocycles. The van der Waals surface area contributed by atoms with E-state index in [0.29, 0.717) is 11.0 Å². The molecule has 3 heterocycles. The quantitative estimate of drug-likeness (QED) is 0.289. The average Bonchev–Trinajstić information content (AvgIpc) is 3.39. The third-order valence-electron chi connectivity index (χ3n) is 7.08. The van der Waals surface area contributed by atoms with E-state index in [0.717, 1.165) is 34.0 Å². The highest BCUT2D eigenvalue weighted by molar-refractivity contribution is 7.80. The van der Waals surface area contributed by atoms with Crippen molar-refractivity contribution in [2.75, 3.05) is 4.90 Å². The van der Waals surface area contributed by atoms with Gasteiger partial charge < -0.3 is 19.9 Å². The summed E-state index contributed by atoms with van der Waals surface area (Å²) in [4.78, 5) is 18.5. The molecular weight excluding hydrogens is 480 g/mol. The van der Waals surface area contributed by atoms with Crippen LogP contribution in [-0.2, 0) is 0 Å². The van der Waals surface area contributed by atoms with Crippen LogP contribution in [0.15, 0.2) is 79.0 Å². The molecule has 0 radical (unpaired) electrons. The van der Waals surface area contributed by atoms with Crippen LogP contribution in [0.5, 0.6) is 0 Å². The van der Waals surface area contributed by atoms with Crippen molar-refractivity contribution in [2.24, 2.45) is 0 Å². The monoisotopic (exact) mass is 510 g/mol. The third-order valence-corrected chi connectivity index (χ3v) is 7.39. The van der Waals surface area contributed by atoms with E-state index < -0.39 is 5.97 Å². The summed E-state index contributed by atoms with van der Waals surface area (Å²) in [6.45, 7) is 8.49. The van der Waals surface area contributed by atoms with Crippen molar-refractivity contribution >= 4 is 29.0 Å². The van der Waals surface area contributed by atoms with Crippen LogP contribution in [0.4, 0.5) is 5.69 Å². The van der Waals surface area contributed by atoms with E-state index in [-0.39, 0.29) is 17.6 Å². The molecule has 2 aromatic carbocycles. The number of hydrogen-bond donors (Lipinski definition) is 2. The lowest BCUT2D eigenvalue weighted by atomic mass is 9.96. The molecule has 7 heteroatoms. The standard InChI is InChI=1S/C30H30N4O2S/c1-18(2)21-11-13-23(14-12-21)34-28(27(32-30(34)37)26-10-5-6-15-31-26)25-16-19(3)33(20(25)4)24-9-7-8-22(17-24)29(35)36/h5-18,27-28H,1-4H3,(H,32,37)(H,35,36)/t27-,28-/m0/s1. The van der Waals surface area contributed by atoms with Crippen LogP contribution in [0.1, 0.15) is 70.4 Å². The highest BCUT2D eigenvalue weighted by Crippen LogP contribution is 2.44. The van der Waals surface area contributed by atoms with Crippen molar-refractivity contribution in [3.05, 3.63) is 113 Å². The van der Waals surface area contributed by atoms with Gasteiger partial charge in [-0.2, -0.15) is 0 Å². The maximum atomic E-state index is 11.6. The average molecular weight is 511 g/mol. The number of rotatable bonds is 6. The number of benzene rings is 2. The molecule has 2 aromatic heterocycles. The highest BCUT2D eigenvalue weighted by Gasteiger charge is 2.42. The van der Waals surface area contributed by atoms with Crippen molar-refractivity contribution < 1.29 is 9.90 Å². The molecule has 4 aromatic rings. The fourth-order valence-corrected chi connectivity index (χ4v) is 5.58. The first kappa shape index (κ1) is 24.7. The number of thiocarbonyl (C=S) groups is 1. The lowest BCUT2D eigenvalue weighted by molar-refractivity contribution is 0.0697. The molecule has 0 spiro atoms. The van der Waals surface area contributed by atoms with Gasteiger partial charge in [0, 0.05) is 29.0 Å². The Kier molecular flexibility index (Phi) is 6.56. The summed E-state index contributed by atoms with van der Waals surface area (Å²) in [7, 11) is 0. The molecule has 1 fully saturated rings. The predicted molar refractivity (Wildman–Crippen MR) is 151 cm³/mol. The van der Waals surface area contributed by atoms with Crippen molar-refractivity contribution in [3.8, 4) is 5.69 Å². The number of aryl methyl sites for hydroxylation is 1. The van der Waals surface area contributed by atoms with Gasteiger partial charge in [0.15, 0.2) is 5.11 Å². The first-order valence-corrected chi connectivity index (χ1v) is 12.8. The van der Waals surface area contributed by atoms with Gasteiger partial charge in [-0.05, 0) is 91.6 Å². The van der Waals surface area contributed by atoms with E-state index in [2.05, 4.69) is 70.9 Å². The Hall–Kier alpha value is -3.97. The van der Waals surface area contributed by atoms with Crippen molar-refractivity contribution in [1.29, 1.82) is 0 Å². The Morgan fingerprint density at radius 2 is 1.76 bits per heavy atom. The molecule has 5 rings (SSSR count). The largest absolute Gasteiger partial charge is 0.478 e. The van der Waals surface area contributed by atoms with Gasteiger partial charge in [-0.15, -0.1) is 0 Å². The van der Waals surface area contributed by atoms with Crippen molar-refractivity contribution in [3.63, 3.8) is 0 Å². The second-order valence-corrected chi connectivity index (χ2v) is 10.1. The fourth-order valence-electron chi connectivity index (χ4n) is 5.23. The molecule has 1 aliphatic rings. The molecule has 0 saturated carbocycles. The Bertz CT molecular complexity index is 1460. The molecule has 0 unspecified atom stereocenters. The van der Waals surface area contributed by atoms with Crippen LogP contribution in [0.25, 0.3) is 5.69 Å². The van der Waals surface area contributed by atoms with Gasteiger partial charge in [0.25, 0.3) is 0 Å². The molecule has 2 N–H and O–H groups in total. The second kappa shape index (κ2) is 9.82. The molecule has 6 nitrogen and oxygen atoms in total. The van der Waals surface area contributed by atoms with E-state index in [4.69, 9.17) is 12.2 Å². The molecular formula is C30H30N4O2S. The normalized spacial score (nSPS) is 17.3. The summed E-state index contributed by atoms with van der Waals surface area (Å²) in [6, 6.07) is 23.4. The summed E-state index contributed by atoms with van der Waals surface area (Å²) >= 11 is 5.90. The topological polar surface area (TPSA) is 70.4 Å². The zero-order valence-corrected chi connectivity index (χ0v) is 22.2. The molecule has 2 atom stereocenters. The minimum absolute atomic E-state index is 0.144. The van der Waals surface area contributed by atoms with E-state index in [9.17, 15) is 9.90 Å². The second-order valence-electron chi connectivity index (χ2n) is 9.76. The number of carboxylic acid groups (broad SMARTS) is 1. The number of aromatic nitrogens is 2. The van der Waals surface area contributed by atoms with Crippen LogP contribution in [-0.4, -0.2) is 25.7 Å². The number of aromatic carboxylic acids is 1.